The van der Waals surface area contributed by atoms with Gasteiger partial charge in [-0.1, -0.05) is 66.7 Å². The molecular weight excluding hydrogens is 374 g/mol. The van der Waals surface area contributed by atoms with Crippen molar-refractivity contribution in [3.05, 3.63) is 101 Å². The van der Waals surface area contributed by atoms with Crippen molar-refractivity contribution in [1.29, 1.82) is 0 Å². The first-order valence-corrected chi connectivity index (χ1v) is 10.5. The molecule has 0 fully saturated rings. The summed E-state index contributed by atoms with van der Waals surface area (Å²) in [7, 11) is 0. The molecular formula is C26H27NO3. The second-order valence-electron chi connectivity index (χ2n) is 7.57. The van der Waals surface area contributed by atoms with Crippen molar-refractivity contribution in [3.63, 3.8) is 0 Å². The quantitative estimate of drug-likeness (QED) is 0.535. The standard InChI is InChI=1S/C26H27NO3/c1-2-29-26(28)25-16-22-12-6-7-13-23(22)18-27(25)17-21-11-8-14-24(15-21)30-19-20-9-4-3-5-10-20/h3-15,25H,2,16-19H2,1H3/t25-/m1/s1. The third-order valence-electron chi connectivity index (χ3n) is 5.44. The molecule has 30 heavy (non-hydrogen) atoms. The molecule has 1 atom stereocenters. The number of benzene rings is 3. The van der Waals surface area contributed by atoms with Gasteiger partial charge in [0.25, 0.3) is 0 Å². The van der Waals surface area contributed by atoms with Gasteiger partial charge in [0.05, 0.1) is 6.61 Å². The SMILES string of the molecule is CCOC(=O)[C@H]1Cc2ccccc2CN1Cc1cccc(OCc2ccccc2)c1. The van der Waals surface area contributed by atoms with Gasteiger partial charge < -0.3 is 9.47 Å². The summed E-state index contributed by atoms with van der Waals surface area (Å²) in [6, 6.07) is 26.3. The highest BCUT2D eigenvalue weighted by Gasteiger charge is 2.32. The van der Waals surface area contributed by atoms with Crippen LogP contribution in [0.2, 0.25) is 0 Å². The maximum Gasteiger partial charge on any atom is 0.323 e. The van der Waals surface area contributed by atoms with E-state index < -0.39 is 0 Å². The van der Waals surface area contributed by atoms with E-state index in [1.165, 1.54) is 11.1 Å². The molecule has 0 aliphatic carbocycles. The van der Waals surface area contributed by atoms with E-state index in [9.17, 15) is 4.79 Å². The zero-order valence-electron chi connectivity index (χ0n) is 17.3. The highest BCUT2D eigenvalue weighted by molar-refractivity contribution is 5.76. The van der Waals surface area contributed by atoms with Crippen molar-refractivity contribution < 1.29 is 14.3 Å². The van der Waals surface area contributed by atoms with Crippen molar-refractivity contribution in [2.45, 2.75) is 39.1 Å². The number of carbonyl (C=O) groups excluding carboxylic acids is 1. The van der Waals surface area contributed by atoms with Gasteiger partial charge in [0.15, 0.2) is 0 Å². The lowest BCUT2D eigenvalue weighted by Gasteiger charge is -2.35. The van der Waals surface area contributed by atoms with Crippen LogP contribution in [-0.4, -0.2) is 23.5 Å². The molecule has 3 aromatic carbocycles. The molecule has 1 aliphatic rings. The third kappa shape index (κ3) is 4.89. The molecule has 154 valence electrons. The van der Waals surface area contributed by atoms with E-state index in [0.717, 1.165) is 23.4 Å². The van der Waals surface area contributed by atoms with Gasteiger partial charge in [0.2, 0.25) is 0 Å². The number of esters is 1. The lowest BCUT2D eigenvalue weighted by molar-refractivity contribution is -0.150. The Morgan fingerprint density at radius 1 is 0.933 bits per heavy atom. The number of hydrogen-bond acceptors (Lipinski definition) is 4. The van der Waals surface area contributed by atoms with E-state index >= 15 is 0 Å². The van der Waals surface area contributed by atoms with Gasteiger partial charge in [-0.05, 0) is 47.7 Å². The Morgan fingerprint density at radius 2 is 1.67 bits per heavy atom. The van der Waals surface area contributed by atoms with Crippen LogP contribution in [0.3, 0.4) is 0 Å². The zero-order valence-corrected chi connectivity index (χ0v) is 17.3. The second kappa shape index (κ2) is 9.59. The average molecular weight is 402 g/mol. The molecule has 0 aromatic heterocycles. The van der Waals surface area contributed by atoms with Gasteiger partial charge in [-0.25, -0.2) is 0 Å². The Kier molecular flexibility index (Phi) is 6.45. The molecule has 4 nitrogen and oxygen atoms in total. The van der Waals surface area contributed by atoms with Crippen molar-refractivity contribution in [2.75, 3.05) is 6.61 Å². The molecule has 0 saturated carbocycles. The molecule has 3 aromatic rings. The number of ether oxygens (including phenoxy) is 2. The maximum absolute atomic E-state index is 12.6. The predicted octanol–water partition coefficient (Wildman–Crippen LogP) is 4.76. The highest BCUT2D eigenvalue weighted by Crippen LogP contribution is 2.26. The number of nitrogens with zero attached hydrogens (tertiary/aromatic N) is 1. The minimum absolute atomic E-state index is 0.150. The third-order valence-corrected chi connectivity index (χ3v) is 5.44. The molecule has 4 rings (SSSR count). The van der Waals surface area contributed by atoms with Crippen LogP contribution in [0.25, 0.3) is 0 Å². The summed E-state index contributed by atoms with van der Waals surface area (Å²) in [5, 5.41) is 0. The molecule has 0 radical (unpaired) electrons. The summed E-state index contributed by atoms with van der Waals surface area (Å²) >= 11 is 0. The smallest absolute Gasteiger partial charge is 0.323 e. The molecule has 1 heterocycles. The summed E-state index contributed by atoms with van der Waals surface area (Å²) in [4.78, 5) is 14.9. The molecule has 0 bridgehead atoms. The van der Waals surface area contributed by atoms with E-state index in [1.54, 1.807) is 0 Å². The van der Waals surface area contributed by atoms with Crippen molar-refractivity contribution in [3.8, 4) is 5.75 Å². The number of fused-ring (bicyclic) bond motifs is 1. The van der Waals surface area contributed by atoms with Crippen molar-refractivity contribution in [1.82, 2.24) is 4.90 Å². The summed E-state index contributed by atoms with van der Waals surface area (Å²) in [6.07, 6.45) is 0.680. The molecule has 4 heteroatoms. The topological polar surface area (TPSA) is 38.8 Å². The Bertz CT molecular complexity index is 986. The molecule has 0 unspecified atom stereocenters. The van der Waals surface area contributed by atoms with Crippen LogP contribution in [0, 0.1) is 0 Å². The van der Waals surface area contributed by atoms with Crippen LogP contribution in [0.4, 0.5) is 0 Å². The molecule has 0 saturated heterocycles. The van der Waals surface area contributed by atoms with Gasteiger partial charge >= 0.3 is 5.97 Å². The summed E-state index contributed by atoms with van der Waals surface area (Å²) < 4.78 is 11.4. The van der Waals surface area contributed by atoms with Crippen molar-refractivity contribution in [2.24, 2.45) is 0 Å². The van der Waals surface area contributed by atoms with Crippen LogP contribution in [0.1, 0.15) is 29.2 Å². The van der Waals surface area contributed by atoms with E-state index in [1.807, 2.05) is 43.3 Å². The fraction of sp³-hybridized carbons (Fsp3) is 0.269. The monoisotopic (exact) mass is 401 g/mol. The van der Waals surface area contributed by atoms with Crippen LogP contribution in [0.5, 0.6) is 5.75 Å². The summed E-state index contributed by atoms with van der Waals surface area (Å²) in [5.41, 5.74) is 4.76. The molecule has 1 aliphatic heterocycles. The minimum Gasteiger partial charge on any atom is -0.489 e. The second-order valence-corrected chi connectivity index (χ2v) is 7.57. The lowest BCUT2D eigenvalue weighted by atomic mass is 9.93. The van der Waals surface area contributed by atoms with Gasteiger partial charge in [-0.2, -0.15) is 0 Å². The van der Waals surface area contributed by atoms with Crippen LogP contribution >= 0.6 is 0 Å². The van der Waals surface area contributed by atoms with Gasteiger partial charge in [0.1, 0.15) is 18.4 Å². The Labute approximate surface area is 178 Å². The fourth-order valence-electron chi connectivity index (χ4n) is 3.92. The Hall–Kier alpha value is -3.11. The Morgan fingerprint density at radius 3 is 2.47 bits per heavy atom. The summed E-state index contributed by atoms with van der Waals surface area (Å²) in [5.74, 6) is 0.685. The average Bonchev–Trinajstić information content (AvgIpc) is 2.78. The first-order chi connectivity index (χ1) is 14.7. The Balaban J connectivity index is 1.49. The van der Waals surface area contributed by atoms with Gasteiger partial charge in [-0.3, -0.25) is 9.69 Å². The normalized spacial score (nSPS) is 16.0. The zero-order chi connectivity index (χ0) is 20.8. The van der Waals surface area contributed by atoms with Crippen LogP contribution < -0.4 is 4.74 Å². The van der Waals surface area contributed by atoms with Crippen LogP contribution in [0.15, 0.2) is 78.9 Å². The van der Waals surface area contributed by atoms with Crippen LogP contribution in [-0.2, 0) is 35.6 Å². The molecule has 0 amide bonds. The van der Waals surface area contributed by atoms with E-state index in [4.69, 9.17) is 9.47 Å². The summed E-state index contributed by atoms with van der Waals surface area (Å²) in [6.45, 7) is 4.18. The fourth-order valence-corrected chi connectivity index (χ4v) is 3.92. The lowest BCUT2D eigenvalue weighted by Crippen LogP contribution is -2.45. The van der Waals surface area contributed by atoms with E-state index in [-0.39, 0.29) is 12.0 Å². The first-order valence-electron chi connectivity index (χ1n) is 10.5. The van der Waals surface area contributed by atoms with Crippen molar-refractivity contribution >= 4 is 5.97 Å². The maximum atomic E-state index is 12.6. The minimum atomic E-state index is -0.270. The largest absolute Gasteiger partial charge is 0.489 e. The predicted molar refractivity (Wildman–Crippen MR) is 117 cm³/mol. The number of rotatable bonds is 7. The van der Waals surface area contributed by atoms with E-state index in [0.29, 0.717) is 26.2 Å². The molecule has 0 N–H and O–H groups in total. The highest BCUT2D eigenvalue weighted by atomic mass is 16.5. The number of hydrogen-bond donors (Lipinski definition) is 0. The van der Waals surface area contributed by atoms with Gasteiger partial charge in [0, 0.05) is 13.1 Å². The number of carbonyl (C=O) groups is 1. The van der Waals surface area contributed by atoms with E-state index in [2.05, 4.69) is 47.4 Å². The first kappa shape index (κ1) is 20.2. The molecule has 0 spiro atoms. The van der Waals surface area contributed by atoms with Gasteiger partial charge in [-0.15, -0.1) is 0 Å².